The zero-order chi connectivity index (χ0) is 18.4. The summed E-state index contributed by atoms with van der Waals surface area (Å²) in [5.41, 5.74) is 0.679. The summed E-state index contributed by atoms with van der Waals surface area (Å²) in [6.45, 7) is 3.55. The number of nitrogens with zero attached hydrogens (tertiary/aromatic N) is 1. The first kappa shape index (κ1) is 19.4. The zero-order valence-electron chi connectivity index (χ0n) is 14.4. The van der Waals surface area contributed by atoms with Gasteiger partial charge in [-0.2, -0.15) is 0 Å². The molecule has 0 radical (unpaired) electrons. The van der Waals surface area contributed by atoms with Crippen LogP contribution in [0.4, 0.5) is 0 Å². The van der Waals surface area contributed by atoms with E-state index in [0.717, 1.165) is 11.1 Å². The average Bonchev–Trinajstić information content (AvgIpc) is 2.59. The van der Waals surface area contributed by atoms with Crippen LogP contribution in [0.3, 0.4) is 0 Å². The number of aromatic nitrogens is 1. The molecule has 2 aromatic rings. The van der Waals surface area contributed by atoms with E-state index in [1.54, 1.807) is 50.5 Å². The number of carboxylic acids is 1. The highest BCUT2D eigenvalue weighted by Crippen LogP contribution is 2.55. The Hall–Kier alpha value is -1.97. The molecule has 0 fully saturated rings. The third-order valence-corrected chi connectivity index (χ3v) is 7.18. The number of rotatable bonds is 8. The minimum Gasteiger partial charge on any atom is -0.481 e. The topological polar surface area (TPSA) is 87.5 Å². The van der Waals surface area contributed by atoms with Crippen molar-refractivity contribution in [1.82, 2.24) is 4.98 Å². The largest absolute Gasteiger partial charge is 0.481 e. The van der Waals surface area contributed by atoms with Crippen molar-refractivity contribution in [2.24, 2.45) is 5.92 Å². The summed E-state index contributed by atoms with van der Waals surface area (Å²) < 4.78 is 13.1. The fourth-order valence-electron chi connectivity index (χ4n) is 3.32. The third kappa shape index (κ3) is 4.77. The van der Waals surface area contributed by atoms with Gasteiger partial charge in [0.15, 0.2) is 0 Å². The molecule has 25 heavy (non-hydrogen) atoms. The van der Waals surface area contributed by atoms with E-state index < -0.39 is 30.8 Å². The van der Waals surface area contributed by atoms with Crippen LogP contribution < -0.4 is 0 Å². The van der Waals surface area contributed by atoms with Gasteiger partial charge in [0.25, 0.3) is 0 Å². The van der Waals surface area contributed by atoms with Gasteiger partial charge in [0.1, 0.15) is 0 Å². The van der Waals surface area contributed by atoms with Crippen LogP contribution in [0.25, 0.3) is 0 Å². The highest BCUT2D eigenvalue weighted by Gasteiger charge is 2.43. The molecule has 4 unspecified atom stereocenters. The molecule has 0 aliphatic carbocycles. The minimum atomic E-state index is -3.71. The van der Waals surface area contributed by atoms with Gasteiger partial charge < -0.3 is 10.00 Å². The number of hydrogen-bond donors (Lipinski definition) is 2. The molecule has 0 amide bonds. The summed E-state index contributed by atoms with van der Waals surface area (Å²) >= 11 is 0. The molecule has 2 N–H and O–H groups in total. The van der Waals surface area contributed by atoms with Gasteiger partial charge in [0.05, 0.1) is 5.92 Å². The number of carboxylic acid groups (broad SMARTS) is 1. The molecule has 4 atom stereocenters. The van der Waals surface area contributed by atoms with Gasteiger partial charge in [-0.05, 0) is 29.5 Å². The second-order valence-corrected chi connectivity index (χ2v) is 8.80. The van der Waals surface area contributed by atoms with Gasteiger partial charge in [0, 0.05) is 24.2 Å². The summed E-state index contributed by atoms with van der Waals surface area (Å²) in [4.78, 5) is 26.7. The van der Waals surface area contributed by atoms with Crippen LogP contribution in [0.15, 0.2) is 54.9 Å². The summed E-state index contributed by atoms with van der Waals surface area (Å²) in [5.74, 6) is -2.41. The van der Waals surface area contributed by atoms with Crippen molar-refractivity contribution in [3.8, 4) is 0 Å². The van der Waals surface area contributed by atoms with Crippen LogP contribution >= 0.6 is 7.37 Å². The first-order chi connectivity index (χ1) is 11.9. The Morgan fingerprint density at radius 2 is 1.88 bits per heavy atom. The molecule has 134 valence electrons. The smallest absolute Gasteiger partial charge is 0.307 e. The molecule has 1 heterocycles. The van der Waals surface area contributed by atoms with E-state index >= 15 is 0 Å². The fraction of sp³-hybridized carbons (Fsp3) is 0.368. The van der Waals surface area contributed by atoms with Crippen LogP contribution in [-0.4, -0.2) is 26.6 Å². The predicted molar refractivity (Wildman–Crippen MR) is 97.8 cm³/mol. The van der Waals surface area contributed by atoms with Crippen LogP contribution in [0, 0.1) is 5.92 Å². The number of pyridine rings is 1. The van der Waals surface area contributed by atoms with Crippen LogP contribution in [0.5, 0.6) is 0 Å². The molecule has 0 aliphatic rings. The molecule has 0 bridgehead atoms. The molecule has 6 heteroatoms. The fourth-order valence-corrected chi connectivity index (χ4v) is 5.74. The summed E-state index contributed by atoms with van der Waals surface area (Å²) in [6, 6.07) is 12.6. The minimum absolute atomic E-state index is 0.0180. The lowest BCUT2D eigenvalue weighted by atomic mass is 9.85. The van der Waals surface area contributed by atoms with E-state index in [1.807, 2.05) is 18.2 Å². The molecule has 5 nitrogen and oxygen atoms in total. The van der Waals surface area contributed by atoms with E-state index in [-0.39, 0.29) is 6.16 Å². The van der Waals surface area contributed by atoms with Crippen LogP contribution in [0.2, 0.25) is 0 Å². The lowest BCUT2D eigenvalue weighted by Gasteiger charge is -2.31. The lowest BCUT2D eigenvalue weighted by molar-refractivity contribution is -0.142. The Labute approximate surface area is 148 Å². The molecule has 2 rings (SSSR count). The lowest BCUT2D eigenvalue weighted by Crippen LogP contribution is -2.32. The van der Waals surface area contributed by atoms with Crippen LogP contribution in [0.1, 0.15) is 37.3 Å². The van der Waals surface area contributed by atoms with Crippen molar-refractivity contribution in [2.75, 3.05) is 0 Å². The van der Waals surface area contributed by atoms with E-state index in [2.05, 4.69) is 4.98 Å². The van der Waals surface area contributed by atoms with E-state index in [9.17, 15) is 19.4 Å². The Bertz CT molecular complexity index is 736. The molecular weight excluding hydrogens is 337 g/mol. The number of carbonyl (C=O) groups is 1. The molecule has 1 aromatic heterocycles. The zero-order valence-corrected chi connectivity index (χ0v) is 15.3. The molecule has 0 spiro atoms. The van der Waals surface area contributed by atoms with Crippen molar-refractivity contribution in [1.29, 1.82) is 0 Å². The molecular formula is C19H24NO4P. The quantitative estimate of drug-likeness (QED) is 0.690. The van der Waals surface area contributed by atoms with Crippen molar-refractivity contribution in [3.05, 3.63) is 66.0 Å². The maximum Gasteiger partial charge on any atom is 0.307 e. The normalized spacial score (nSPS) is 17.2. The van der Waals surface area contributed by atoms with Gasteiger partial charge in [-0.3, -0.25) is 14.3 Å². The van der Waals surface area contributed by atoms with Gasteiger partial charge in [0.2, 0.25) is 7.37 Å². The molecule has 1 aromatic carbocycles. The Morgan fingerprint density at radius 3 is 2.40 bits per heavy atom. The Morgan fingerprint density at radius 1 is 1.20 bits per heavy atom. The summed E-state index contributed by atoms with van der Waals surface area (Å²) in [6.07, 6.45) is 3.54. The standard InChI is InChI=1S/C19H24NO4P/c1-3-17(25(23,24)13-15-8-5-4-6-9-15)18(19(21)22)14(2)16-10-7-11-20-12-16/h4-12,14,17-18H,3,13H2,1-2H3,(H,21,22)(H,23,24). The second kappa shape index (κ2) is 8.41. The average molecular weight is 361 g/mol. The number of benzene rings is 1. The van der Waals surface area contributed by atoms with E-state index in [0.29, 0.717) is 6.42 Å². The first-order valence-electron chi connectivity index (χ1n) is 8.35. The molecule has 0 saturated carbocycles. The predicted octanol–water partition coefficient (Wildman–Crippen LogP) is 4.14. The Kier molecular flexibility index (Phi) is 6.51. The van der Waals surface area contributed by atoms with E-state index in [4.69, 9.17) is 0 Å². The van der Waals surface area contributed by atoms with Crippen molar-refractivity contribution in [3.63, 3.8) is 0 Å². The monoisotopic (exact) mass is 361 g/mol. The first-order valence-corrected chi connectivity index (χ1v) is 10.3. The molecule has 0 aliphatic heterocycles. The van der Waals surface area contributed by atoms with Gasteiger partial charge >= 0.3 is 5.97 Å². The highest BCUT2D eigenvalue weighted by molar-refractivity contribution is 7.58. The van der Waals surface area contributed by atoms with Crippen molar-refractivity contribution in [2.45, 2.75) is 38.0 Å². The van der Waals surface area contributed by atoms with Gasteiger partial charge in [-0.15, -0.1) is 0 Å². The van der Waals surface area contributed by atoms with Crippen molar-refractivity contribution < 1.29 is 19.4 Å². The third-order valence-electron chi connectivity index (χ3n) is 4.64. The number of aliphatic carboxylic acids is 1. The molecule has 0 saturated heterocycles. The maximum atomic E-state index is 13.1. The van der Waals surface area contributed by atoms with E-state index in [1.165, 1.54) is 0 Å². The second-order valence-electron chi connectivity index (χ2n) is 6.31. The summed E-state index contributed by atoms with van der Waals surface area (Å²) in [7, 11) is -3.71. The highest BCUT2D eigenvalue weighted by atomic mass is 31.2. The number of hydrogen-bond acceptors (Lipinski definition) is 3. The van der Waals surface area contributed by atoms with Crippen molar-refractivity contribution >= 4 is 13.3 Å². The van der Waals surface area contributed by atoms with Crippen LogP contribution in [-0.2, 0) is 15.5 Å². The maximum absolute atomic E-state index is 13.1. The van der Waals surface area contributed by atoms with Gasteiger partial charge in [-0.1, -0.05) is 50.2 Å². The Balaban J connectivity index is 2.33. The SMILES string of the molecule is CCC(C(C(=O)O)C(C)c1cccnc1)P(=O)(O)Cc1ccccc1. The summed E-state index contributed by atoms with van der Waals surface area (Å²) in [5, 5.41) is 9.78. The van der Waals surface area contributed by atoms with Gasteiger partial charge in [-0.25, -0.2) is 0 Å².